The lowest BCUT2D eigenvalue weighted by Gasteiger charge is -2.58. The predicted octanol–water partition coefficient (Wildman–Crippen LogP) is 1.80. The number of methoxy groups -OCH3 is 1. The van der Waals surface area contributed by atoms with Crippen LogP contribution in [0.5, 0.6) is 0 Å². The van der Waals surface area contributed by atoms with Crippen LogP contribution in [0.3, 0.4) is 0 Å². The lowest BCUT2D eigenvalue weighted by atomic mass is 9.56. The highest BCUT2D eigenvalue weighted by Crippen LogP contribution is 2.51. The van der Waals surface area contributed by atoms with E-state index in [9.17, 15) is 8.42 Å². The van der Waals surface area contributed by atoms with Crippen molar-refractivity contribution in [3.8, 4) is 6.07 Å². The Morgan fingerprint density at radius 3 is 2.47 bits per heavy atom. The van der Waals surface area contributed by atoms with Gasteiger partial charge in [0.15, 0.2) is 0 Å². The van der Waals surface area contributed by atoms with Crippen molar-refractivity contribution in [2.24, 2.45) is 5.41 Å². The minimum Gasteiger partial charge on any atom is -0.378 e. The van der Waals surface area contributed by atoms with E-state index in [2.05, 4.69) is 4.72 Å². The van der Waals surface area contributed by atoms with Crippen molar-refractivity contribution in [1.82, 2.24) is 4.72 Å². The molecule has 1 aliphatic rings. The van der Waals surface area contributed by atoms with E-state index >= 15 is 0 Å². The Morgan fingerprint density at radius 2 is 2.00 bits per heavy atom. The number of unbranched alkanes of at least 4 members (excludes halogenated alkanes) is 2. The van der Waals surface area contributed by atoms with Crippen molar-refractivity contribution < 1.29 is 13.2 Å². The summed E-state index contributed by atoms with van der Waals surface area (Å²) in [6.45, 7) is 6.04. The van der Waals surface area contributed by atoms with Crippen LogP contribution in [0.25, 0.3) is 0 Å². The molecule has 1 saturated carbocycles. The molecular weight excluding hydrogens is 264 g/mol. The van der Waals surface area contributed by atoms with Gasteiger partial charge in [-0.05, 0) is 26.2 Å². The Morgan fingerprint density at radius 1 is 1.37 bits per heavy atom. The Labute approximate surface area is 116 Å². The Balaban J connectivity index is 2.51. The second-order valence-corrected chi connectivity index (χ2v) is 7.84. The quantitative estimate of drug-likeness (QED) is 0.724. The van der Waals surface area contributed by atoms with E-state index < -0.39 is 10.0 Å². The first-order chi connectivity index (χ1) is 8.68. The monoisotopic (exact) mass is 288 g/mol. The second-order valence-electron chi connectivity index (χ2n) is 5.97. The summed E-state index contributed by atoms with van der Waals surface area (Å²) >= 11 is 0. The summed E-state index contributed by atoms with van der Waals surface area (Å²) in [4.78, 5) is 0. The van der Waals surface area contributed by atoms with Gasteiger partial charge in [-0.1, -0.05) is 13.8 Å². The molecule has 0 saturated heterocycles. The van der Waals surface area contributed by atoms with Crippen LogP contribution in [0.1, 0.15) is 46.5 Å². The number of sulfonamides is 1. The standard InChI is InChI=1S/C13H24N2O3S/c1-12(2)11(10-13(12,3)18-4)15-19(16,17)9-7-5-6-8-14/h11,15H,5-7,9-10H2,1-4H3/t11-,13+/m1/s1. The van der Waals surface area contributed by atoms with Crippen molar-refractivity contribution in [2.45, 2.75) is 58.1 Å². The topological polar surface area (TPSA) is 79.2 Å². The molecule has 6 heteroatoms. The van der Waals surface area contributed by atoms with Crippen LogP contribution >= 0.6 is 0 Å². The minimum absolute atomic E-state index is 0.0848. The van der Waals surface area contributed by atoms with Gasteiger partial charge in [0.05, 0.1) is 17.4 Å². The summed E-state index contributed by atoms with van der Waals surface area (Å²) in [5.41, 5.74) is -0.498. The van der Waals surface area contributed by atoms with Gasteiger partial charge in [-0.25, -0.2) is 13.1 Å². The van der Waals surface area contributed by atoms with Crippen molar-refractivity contribution in [3.63, 3.8) is 0 Å². The zero-order valence-corrected chi connectivity index (χ0v) is 13.0. The van der Waals surface area contributed by atoms with Crippen molar-refractivity contribution in [3.05, 3.63) is 0 Å². The van der Waals surface area contributed by atoms with Crippen LogP contribution in [0.4, 0.5) is 0 Å². The van der Waals surface area contributed by atoms with Crippen LogP contribution in [-0.4, -0.2) is 32.9 Å². The zero-order valence-electron chi connectivity index (χ0n) is 12.2. The molecule has 0 spiro atoms. The maximum Gasteiger partial charge on any atom is 0.211 e. The van der Waals surface area contributed by atoms with Crippen molar-refractivity contribution in [1.29, 1.82) is 5.26 Å². The third-order valence-electron chi connectivity index (χ3n) is 4.55. The van der Waals surface area contributed by atoms with Crippen LogP contribution in [0.2, 0.25) is 0 Å². The largest absolute Gasteiger partial charge is 0.378 e. The van der Waals surface area contributed by atoms with Gasteiger partial charge in [-0.3, -0.25) is 0 Å². The molecule has 2 atom stereocenters. The fourth-order valence-corrected chi connectivity index (χ4v) is 3.97. The van der Waals surface area contributed by atoms with Gasteiger partial charge in [0.25, 0.3) is 0 Å². The normalized spacial score (nSPS) is 29.5. The molecule has 0 unspecified atom stereocenters. The molecule has 0 bridgehead atoms. The van der Waals surface area contributed by atoms with Crippen molar-refractivity contribution in [2.75, 3.05) is 12.9 Å². The average Bonchev–Trinajstić information content (AvgIpc) is 2.33. The van der Waals surface area contributed by atoms with E-state index in [1.54, 1.807) is 7.11 Å². The Kier molecular flexibility index (Phi) is 4.99. The van der Waals surface area contributed by atoms with E-state index in [-0.39, 0.29) is 22.8 Å². The summed E-state index contributed by atoms with van der Waals surface area (Å²) in [5.74, 6) is 0.0883. The van der Waals surface area contributed by atoms with Crippen LogP contribution < -0.4 is 4.72 Å². The first kappa shape index (κ1) is 16.4. The molecule has 1 rings (SSSR count). The van der Waals surface area contributed by atoms with Crippen molar-refractivity contribution >= 4 is 10.0 Å². The van der Waals surface area contributed by atoms with Crippen LogP contribution in [0.15, 0.2) is 0 Å². The summed E-state index contributed by atoms with van der Waals surface area (Å²) in [6, 6.07) is 1.93. The fourth-order valence-electron chi connectivity index (χ4n) is 2.45. The SMILES string of the molecule is CO[C@@]1(C)C[C@@H](NS(=O)(=O)CCCCC#N)C1(C)C. The molecule has 5 nitrogen and oxygen atoms in total. The van der Waals surface area contributed by atoms with Gasteiger partial charge < -0.3 is 4.74 Å². The number of hydrogen-bond donors (Lipinski definition) is 1. The lowest BCUT2D eigenvalue weighted by molar-refractivity contribution is -0.175. The number of nitrogens with one attached hydrogen (secondary N) is 1. The molecule has 1 aliphatic carbocycles. The fraction of sp³-hybridized carbons (Fsp3) is 0.923. The van der Waals surface area contributed by atoms with E-state index in [1.807, 2.05) is 26.8 Å². The Bertz CT molecular complexity index is 453. The van der Waals surface area contributed by atoms with E-state index in [4.69, 9.17) is 10.00 Å². The highest BCUT2D eigenvalue weighted by Gasteiger charge is 2.58. The molecule has 19 heavy (non-hydrogen) atoms. The average molecular weight is 288 g/mol. The number of hydrogen-bond acceptors (Lipinski definition) is 4. The second kappa shape index (κ2) is 5.78. The van der Waals surface area contributed by atoms with Gasteiger partial charge in [0, 0.05) is 25.0 Å². The highest BCUT2D eigenvalue weighted by atomic mass is 32.2. The van der Waals surface area contributed by atoms with Crippen LogP contribution in [0, 0.1) is 16.7 Å². The first-order valence-electron chi connectivity index (χ1n) is 6.60. The Hall–Kier alpha value is -0.640. The zero-order chi connectivity index (χ0) is 14.7. The molecule has 1 fully saturated rings. The molecule has 1 N–H and O–H groups in total. The highest BCUT2D eigenvalue weighted by molar-refractivity contribution is 7.89. The molecular formula is C13H24N2O3S. The van der Waals surface area contributed by atoms with E-state index in [0.717, 1.165) is 0 Å². The number of ether oxygens (including phenoxy) is 1. The third-order valence-corrected chi connectivity index (χ3v) is 6.02. The first-order valence-corrected chi connectivity index (χ1v) is 8.26. The van der Waals surface area contributed by atoms with E-state index in [0.29, 0.717) is 25.7 Å². The summed E-state index contributed by atoms with van der Waals surface area (Å²) < 4.78 is 32.1. The van der Waals surface area contributed by atoms with Gasteiger partial charge in [-0.2, -0.15) is 5.26 Å². The summed E-state index contributed by atoms with van der Waals surface area (Å²) in [6.07, 6.45) is 2.25. The van der Waals surface area contributed by atoms with Gasteiger partial charge in [0.2, 0.25) is 10.0 Å². The number of nitriles is 1. The number of nitrogens with zero attached hydrogens (tertiary/aromatic N) is 1. The maximum atomic E-state index is 11.9. The molecule has 0 aromatic rings. The molecule has 0 heterocycles. The van der Waals surface area contributed by atoms with Gasteiger partial charge in [0.1, 0.15) is 0 Å². The maximum absolute atomic E-state index is 11.9. The third kappa shape index (κ3) is 3.47. The molecule has 0 aromatic heterocycles. The molecule has 0 aliphatic heterocycles. The van der Waals surface area contributed by atoms with E-state index in [1.165, 1.54) is 0 Å². The molecule has 110 valence electrons. The smallest absolute Gasteiger partial charge is 0.211 e. The number of rotatable bonds is 7. The van der Waals surface area contributed by atoms with Gasteiger partial charge in [-0.15, -0.1) is 0 Å². The summed E-state index contributed by atoms with van der Waals surface area (Å²) in [7, 11) is -1.61. The lowest BCUT2D eigenvalue weighted by Crippen LogP contribution is -2.68. The predicted molar refractivity (Wildman–Crippen MR) is 74.0 cm³/mol. The summed E-state index contributed by atoms with van der Waals surface area (Å²) in [5, 5.41) is 8.41. The molecule has 0 radical (unpaired) electrons. The van der Waals surface area contributed by atoms with Gasteiger partial charge >= 0.3 is 0 Å². The van der Waals surface area contributed by atoms with Crippen LogP contribution in [-0.2, 0) is 14.8 Å². The molecule has 0 amide bonds. The molecule has 0 aromatic carbocycles. The minimum atomic E-state index is -3.27.